The molecule has 0 spiro atoms. The van der Waals surface area contributed by atoms with Gasteiger partial charge in [0.25, 0.3) is 0 Å². The van der Waals surface area contributed by atoms with E-state index in [-0.39, 0.29) is 12.4 Å². The van der Waals surface area contributed by atoms with Crippen molar-refractivity contribution in [2.75, 3.05) is 0 Å². The lowest BCUT2D eigenvalue weighted by Crippen LogP contribution is -2.30. The molecule has 0 aromatic carbocycles. The molecular formula is C8H18ClNO2. The summed E-state index contributed by atoms with van der Waals surface area (Å²) in [5, 5.41) is 8.44. The first-order valence-corrected chi connectivity index (χ1v) is 4.06. The molecule has 0 saturated carbocycles. The number of aliphatic carboxylic acids is 1. The quantitative estimate of drug-likeness (QED) is 0.701. The van der Waals surface area contributed by atoms with Crippen LogP contribution in [0.15, 0.2) is 0 Å². The first-order valence-electron chi connectivity index (χ1n) is 4.06. The number of hydrogen-bond donors (Lipinski definition) is 2. The third-order valence-corrected chi connectivity index (χ3v) is 1.98. The smallest absolute Gasteiger partial charge is 0.320 e. The van der Waals surface area contributed by atoms with E-state index in [9.17, 15) is 4.79 Å². The van der Waals surface area contributed by atoms with Crippen LogP contribution in [0.1, 0.15) is 33.1 Å². The number of carboxylic acid groups (broad SMARTS) is 1. The van der Waals surface area contributed by atoms with E-state index in [2.05, 4.69) is 13.8 Å². The van der Waals surface area contributed by atoms with Crippen molar-refractivity contribution in [1.29, 1.82) is 0 Å². The van der Waals surface area contributed by atoms with Gasteiger partial charge < -0.3 is 10.8 Å². The Morgan fingerprint density at radius 2 is 2.00 bits per heavy atom. The fraction of sp³-hybridized carbons (Fsp3) is 0.875. The molecule has 1 unspecified atom stereocenters. The summed E-state index contributed by atoms with van der Waals surface area (Å²) in [6.07, 6.45) is 2.58. The van der Waals surface area contributed by atoms with Crippen LogP contribution in [-0.4, -0.2) is 17.1 Å². The molecule has 0 rings (SSSR count). The molecule has 0 aliphatic heterocycles. The fourth-order valence-corrected chi connectivity index (χ4v) is 0.792. The second-order valence-electron chi connectivity index (χ2n) is 3.04. The van der Waals surface area contributed by atoms with Gasteiger partial charge in [0.2, 0.25) is 0 Å². The maximum atomic E-state index is 10.3. The number of rotatable bonds is 5. The molecule has 4 heteroatoms. The first kappa shape index (κ1) is 14.3. The zero-order valence-electron chi connectivity index (χ0n) is 7.62. The predicted molar refractivity (Wildman–Crippen MR) is 51.5 cm³/mol. The van der Waals surface area contributed by atoms with Crippen LogP contribution in [0.5, 0.6) is 0 Å². The van der Waals surface area contributed by atoms with Gasteiger partial charge in [-0.3, -0.25) is 4.79 Å². The van der Waals surface area contributed by atoms with Crippen molar-refractivity contribution in [3.8, 4) is 0 Å². The summed E-state index contributed by atoms with van der Waals surface area (Å²) in [6, 6.07) is -0.677. The van der Waals surface area contributed by atoms with Gasteiger partial charge in [-0.1, -0.05) is 20.3 Å². The Bertz CT molecular complexity index is 130. The van der Waals surface area contributed by atoms with Crippen molar-refractivity contribution in [2.45, 2.75) is 39.2 Å². The van der Waals surface area contributed by atoms with Gasteiger partial charge in [-0.25, -0.2) is 0 Å². The Balaban J connectivity index is 0. The van der Waals surface area contributed by atoms with Crippen molar-refractivity contribution in [1.82, 2.24) is 0 Å². The normalized spacial score (nSPS) is 14.6. The average molecular weight is 196 g/mol. The number of hydrogen-bond acceptors (Lipinski definition) is 2. The molecule has 74 valence electrons. The zero-order valence-corrected chi connectivity index (χ0v) is 8.43. The van der Waals surface area contributed by atoms with Crippen LogP contribution in [-0.2, 0) is 4.79 Å². The lowest BCUT2D eigenvalue weighted by molar-refractivity contribution is -0.138. The molecule has 0 saturated heterocycles. The molecule has 0 radical (unpaired) electrons. The third-order valence-electron chi connectivity index (χ3n) is 1.98. The molecule has 0 heterocycles. The van der Waals surface area contributed by atoms with Gasteiger partial charge in [0.1, 0.15) is 6.04 Å². The molecule has 0 amide bonds. The van der Waals surface area contributed by atoms with E-state index in [0.717, 1.165) is 12.8 Å². The molecule has 0 aliphatic rings. The molecule has 12 heavy (non-hydrogen) atoms. The second-order valence-corrected chi connectivity index (χ2v) is 3.04. The molecule has 3 N–H and O–H groups in total. The first-order chi connectivity index (χ1) is 5.07. The Morgan fingerprint density at radius 3 is 2.33 bits per heavy atom. The minimum Gasteiger partial charge on any atom is -0.480 e. The highest BCUT2D eigenvalue weighted by molar-refractivity contribution is 5.85. The highest BCUT2D eigenvalue weighted by Crippen LogP contribution is 2.10. The minimum absolute atomic E-state index is 0. The minimum atomic E-state index is -0.895. The van der Waals surface area contributed by atoms with Crippen molar-refractivity contribution >= 4 is 18.4 Å². The molecule has 0 aliphatic carbocycles. The van der Waals surface area contributed by atoms with Gasteiger partial charge in [-0.2, -0.15) is 0 Å². The predicted octanol–water partition coefficient (Wildman–Crippen LogP) is 1.65. The molecule has 3 nitrogen and oxygen atoms in total. The van der Waals surface area contributed by atoms with E-state index in [1.54, 1.807) is 0 Å². The molecule has 0 fully saturated rings. The second kappa shape index (κ2) is 7.37. The summed E-state index contributed by atoms with van der Waals surface area (Å²) >= 11 is 0. The molecule has 0 aromatic heterocycles. The lowest BCUT2D eigenvalue weighted by atomic mass is 10.00. The number of nitrogens with two attached hydrogens (primary N) is 1. The van der Waals surface area contributed by atoms with Crippen LogP contribution in [0, 0.1) is 5.92 Å². The van der Waals surface area contributed by atoms with Gasteiger partial charge in [0.15, 0.2) is 0 Å². The zero-order chi connectivity index (χ0) is 8.85. The molecular weight excluding hydrogens is 178 g/mol. The Morgan fingerprint density at radius 1 is 1.50 bits per heavy atom. The van der Waals surface area contributed by atoms with Crippen LogP contribution >= 0.6 is 12.4 Å². The van der Waals surface area contributed by atoms with Gasteiger partial charge in [-0.05, 0) is 18.8 Å². The van der Waals surface area contributed by atoms with Crippen LogP contribution < -0.4 is 5.73 Å². The lowest BCUT2D eigenvalue weighted by Gasteiger charge is -2.09. The summed E-state index contributed by atoms with van der Waals surface area (Å²) in [4.78, 5) is 10.3. The highest BCUT2D eigenvalue weighted by atomic mass is 35.5. The summed E-state index contributed by atoms with van der Waals surface area (Å²) in [5.41, 5.74) is 5.32. The fourth-order valence-electron chi connectivity index (χ4n) is 0.792. The van der Waals surface area contributed by atoms with Crippen LogP contribution in [0.25, 0.3) is 0 Å². The standard InChI is InChI=1S/C8H17NO2.ClH/c1-3-6(2)4-5-7(9)8(10)11;/h6-7H,3-5,9H2,1-2H3,(H,10,11);1H/t6-,7?;/m1./s1. The van der Waals surface area contributed by atoms with E-state index in [4.69, 9.17) is 10.8 Å². The van der Waals surface area contributed by atoms with Gasteiger partial charge in [-0.15, -0.1) is 12.4 Å². The van der Waals surface area contributed by atoms with Gasteiger partial charge in [0, 0.05) is 0 Å². The molecule has 0 aromatic rings. The number of carboxylic acids is 1. The van der Waals surface area contributed by atoms with Crippen LogP contribution in [0.4, 0.5) is 0 Å². The molecule has 0 bridgehead atoms. The summed E-state index contributed by atoms with van der Waals surface area (Å²) in [5.74, 6) is -0.311. The Kier molecular flexibility index (Phi) is 8.76. The van der Waals surface area contributed by atoms with E-state index >= 15 is 0 Å². The topological polar surface area (TPSA) is 63.3 Å². The maximum Gasteiger partial charge on any atom is 0.320 e. The van der Waals surface area contributed by atoms with Gasteiger partial charge in [0.05, 0.1) is 0 Å². The third kappa shape index (κ3) is 6.43. The average Bonchev–Trinajstić information content (AvgIpc) is 1.99. The number of halogens is 1. The highest BCUT2D eigenvalue weighted by Gasteiger charge is 2.11. The molecule has 2 atom stereocenters. The SMILES string of the molecule is CC[C@@H](C)CCC(N)C(=O)O.Cl. The van der Waals surface area contributed by atoms with E-state index in [1.807, 2.05) is 0 Å². The van der Waals surface area contributed by atoms with E-state index in [1.165, 1.54) is 0 Å². The van der Waals surface area contributed by atoms with Crippen molar-refractivity contribution in [2.24, 2.45) is 11.7 Å². The van der Waals surface area contributed by atoms with Crippen LogP contribution in [0.2, 0.25) is 0 Å². The van der Waals surface area contributed by atoms with Crippen LogP contribution in [0.3, 0.4) is 0 Å². The van der Waals surface area contributed by atoms with Gasteiger partial charge >= 0.3 is 5.97 Å². The summed E-state index contributed by atoms with van der Waals surface area (Å²) < 4.78 is 0. The Hall–Kier alpha value is -0.280. The van der Waals surface area contributed by atoms with Crippen molar-refractivity contribution in [3.05, 3.63) is 0 Å². The van der Waals surface area contributed by atoms with E-state index < -0.39 is 12.0 Å². The monoisotopic (exact) mass is 195 g/mol. The largest absolute Gasteiger partial charge is 0.480 e. The Labute approximate surface area is 79.7 Å². The number of carbonyl (C=O) groups is 1. The maximum absolute atomic E-state index is 10.3. The van der Waals surface area contributed by atoms with Crippen molar-refractivity contribution in [3.63, 3.8) is 0 Å². The van der Waals surface area contributed by atoms with Crippen molar-refractivity contribution < 1.29 is 9.90 Å². The van der Waals surface area contributed by atoms with E-state index in [0.29, 0.717) is 12.3 Å². The summed E-state index contributed by atoms with van der Waals surface area (Å²) in [6.45, 7) is 4.20. The summed E-state index contributed by atoms with van der Waals surface area (Å²) in [7, 11) is 0.